The molecule has 2 aliphatic rings. The third-order valence-corrected chi connectivity index (χ3v) is 5.76. The van der Waals surface area contributed by atoms with E-state index in [0.29, 0.717) is 12.5 Å². The Hall–Kier alpha value is -2.11. The van der Waals surface area contributed by atoms with E-state index >= 15 is 0 Å². The highest BCUT2D eigenvalue weighted by molar-refractivity contribution is 5.80. The molecule has 148 valence electrons. The minimum Gasteiger partial charge on any atom is -0.342 e. The van der Waals surface area contributed by atoms with Crippen LogP contribution in [0.3, 0.4) is 0 Å². The molecule has 0 radical (unpaired) electrons. The minimum atomic E-state index is -0.143. The molecule has 0 bridgehead atoms. The van der Waals surface area contributed by atoms with Gasteiger partial charge in [0.05, 0.1) is 0 Å². The molecule has 1 aromatic rings. The third-order valence-electron chi connectivity index (χ3n) is 5.76. The zero-order valence-electron chi connectivity index (χ0n) is 16.6. The van der Waals surface area contributed by atoms with Crippen LogP contribution < -0.4 is 10.6 Å². The van der Waals surface area contributed by atoms with Crippen molar-refractivity contribution in [3.8, 4) is 0 Å². The number of pyridine rings is 1. The number of amides is 3. The fraction of sp³-hybridized carbons (Fsp3) is 0.667. The summed E-state index contributed by atoms with van der Waals surface area (Å²) in [5.41, 5.74) is 3.33. The zero-order chi connectivity index (χ0) is 19.2. The average Bonchev–Trinajstić information content (AvgIpc) is 3.12. The third kappa shape index (κ3) is 5.44. The van der Waals surface area contributed by atoms with E-state index in [2.05, 4.69) is 21.7 Å². The maximum Gasteiger partial charge on any atom is 0.315 e. The fourth-order valence-corrected chi connectivity index (χ4v) is 4.25. The molecule has 0 spiro atoms. The lowest BCUT2D eigenvalue weighted by molar-refractivity contribution is -0.136. The quantitative estimate of drug-likeness (QED) is 0.835. The molecule has 6 nitrogen and oxygen atoms in total. The molecule has 1 saturated heterocycles. The summed E-state index contributed by atoms with van der Waals surface area (Å²) in [4.78, 5) is 31.2. The molecule has 3 amide bonds. The predicted octanol–water partition coefficient (Wildman–Crippen LogP) is 2.72. The van der Waals surface area contributed by atoms with Gasteiger partial charge < -0.3 is 15.5 Å². The van der Waals surface area contributed by atoms with Gasteiger partial charge in [-0.2, -0.15) is 0 Å². The largest absolute Gasteiger partial charge is 0.342 e. The Balaban J connectivity index is 1.38. The molecule has 27 heavy (non-hydrogen) atoms. The van der Waals surface area contributed by atoms with Crippen LogP contribution in [0.2, 0.25) is 0 Å². The summed E-state index contributed by atoms with van der Waals surface area (Å²) in [6.07, 6.45) is 8.59. The van der Waals surface area contributed by atoms with E-state index in [1.165, 1.54) is 6.42 Å². The zero-order valence-corrected chi connectivity index (χ0v) is 16.6. The van der Waals surface area contributed by atoms with Gasteiger partial charge in [0.1, 0.15) is 0 Å². The number of rotatable bonds is 5. The summed E-state index contributed by atoms with van der Waals surface area (Å²) in [6, 6.07) is 2.07. The van der Waals surface area contributed by atoms with E-state index in [1.54, 1.807) is 0 Å². The van der Waals surface area contributed by atoms with Crippen LogP contribution in [0.25, 0.3) is 0 Å². The van der Waals surface area contributed by atoms with Crippen molar-refractivity contribution < 1.29 is 9.59 Å². The second-order valence-corrected chi connectivity index (χ2v) is 8.02. The Morgan fingerprint density at radius 2 is 1.96 bits per heavy atom. The van der Waals surface area contributed by atoms with Crippen molar-refractivity contribution in [2.75, 3.05) is 19.6 Å². The van der Waals surface area contributed by atoms with Crippen LogP contribution in [0.5, 0.6) is 0 Å². The lowest BCUT2D eigenvalue weighted by atomic mass is 10.0. The summed E-state index contributed by atoms with van der Waals surface area (Å²) in [6.45, 7) is 6.44. The number of hydrogen-bond donors (Lipinski definition) is 2. The molecule has 6 heteroatoms. The van der Waals surface area contributed by atoms with Crippen molar-refractivity contribution >= 4 is 11.9 Å². The molecule has 2 atom stereocenters. The van der Waals surface area contributed by atoms with Gasteiger partial charge in [0.2, 0.25) is 5.91 Å². The summed E-state index contributed by atoms with van der Waals surface area (Å²) < 4.78 is 0. The molecule has 1 saturated carbocycles. The highest BCUT2D eigenvalue weighted by Gasteiger charge is 2.33. The van der Waals surface area contributed by atoms with E-state index in [4.69, 9.17) is 0 Å². The molecule has 3 rings (SSSR count). The van der Waals surface area contributed by atoms with Crippen molar-refractivity contribution in [2.24, 2.45) is 5.92 Å². The lowest BCUT2D eigenvalue weighted by Gasteiger charge is -2.29. The number of hydrogen-bond acceptors (Lipinski definition) is 3. The lowest BCUT2D eigenvalue weighted by Crippen LogP contribution is -2.43. The molecular formula is C21H32N4O2. The van der Waals surface area contributed by atoms with E-state index in [-0.39, 0.29) is 18.0 Å². The average molecular weight is 373 g/mol. The highest BCUT2D eigenvalue weighted by Crippen LogP contribution is 2.28. The molecule has 1 aromatic heterocycles. The Kier molecular flexibility index (Phi) is 6.69. The Labute approximate surface area is 162 Å². The van der Waals surface area contributed by atoms with Crippen molar-refractivity contribution in [2.45, 2.75) is 64.8 Å². The van der Waals surface area contributed by atoms with Crippen LogP contribution in [0.15, 0.2) is 12.3 Å². The smallest absolute Gasteiger partial charge is 0.315 e. The maximum atomic E-state index is 12.6. The molecule has 1 aliphatic carbocycles. The van der Waals surface area contributed by atoms with E-state index in [1.807, 2.05) is 24.9 Å². The van der Waals surface area contributed by atoms with Gasteiger partial charge in [0.15, 0.2) is 0 Å². The Morgan fingerprint density at radius 3 is 2.70 bits per heavy atom. The van der Waals surface area contributed by atoms with Gasteiger partial charge in [0, 0.05) is 49.9 Å². The summed E-state index contributed by atoms with van der Waals surface area (Å²) in [7, 11) is 0. The van der Waals surface area contributed by atoms with E-state index < -0.39 is 0 Å². The van der Waals surface area contributed by atoms with E-state index in [9.17, 15) is 9.59 Å². The number of nitrogens with one attached hydrogen (secondary N) is 2. The number of aromatic nitrogens is 1. The SMILES string of the molecule is Cc1cnc(CCNC(=O)N[C@H]2CC[C@@H](C(=O)N3CCCCC3)C2)c(C)c1. The van der Waals surface area contributed by atoms with Crippen LogP contribution in [-0.4, -0.2) is 47.5 Å². The molecule has 2 fully saturated rings. The van der Waals surface area contributed by atoms with Crippen LogP contribution in [0.1, 0.15) is 55.3 Å². The first kappa shape index (κ1) is 19.6. The molecule has 1 aliphatic heterocycles. The van der Waals surface area contributed by atoms with Gasteiger partial charge >= 0.3 is 6.03 Å². The summed E-state index contributed by atoms with van der Waals surface area (Å²) in [5.74, 6) is 0.369. The van der Waals surface area contributed by atoms with Crippen LogP contribution in [0.4, 0.5) is 4.79 Å². The summed E-state index contributed by atoms with van der Waals surface area (Å²) >= 11 is 0. The first-order valence-corrected chi connectivity index (χ1v) is 10.3. The van der Waals surface area contributed by atoms with Gasteiger partial charge in [-0.25, -0.2) is 4.79 Å². The molecule has 2 heterocycles. The van der Waals surface area contributed by atoms with Crippen molar-refractivity contribution in [1.29, 1.82) is 0 Å². The number of urea groups is 1. The minimum absolute atomic E-state index is 0.0767. The van der Waals surface area contributed by atoms with Gasteiger partial charge in [-0.1, -0.05) is 6.07 Å². The molecule has 2 N–H and O–H groups in total. The number of carbonyl (C=O) groups excluding carboxylic acids is 2. The van der Waals surface area contributed by atoms with Crippen LogP contribution in [-0.2, 0) is 11.2 Å². The predicted molar refractivity (Wildman–Crippen MR) is 106 cm³/mol. The second-order valence-electron chi connectivity index (χ2n) is 8.02. The molecular weight excluding hydrogens is 340 g/mol. The molecule has 0 unspecified atom stereocenters. The Bertz CT molecular complexity index is 670. The number of carbonyl (C=O) groups is 2. The number of nitrogens with zero attached hydrogens (tertiary/aromatic N) is 2. The van der Waals surface area contributed by atoms with Crippen molar-refractivity contribution in [3.05, 3.63) is 29.1 Å². The van der Waals surface area contributed by atoms with Gasteiger partial charge in [-0.15, -0.1) is 0 Å². The number of aryl methyl sites for hydroxylation is 2. The topological polar surface area (TPSA) is 74.3 Å². The van der Waals surface area contributed by atoms with E-state index in [0.717, 1.165) is 68.4 Å². The first-order valence-electron chi connectivity index (χ1n) is 10.3. The van der Waals surface area contributed by atoms with Gasteiger partial charge in [-0.3, -0.25) is 9.78 Å². The van der Waals surface area contributed by atoms with Crippen molar-refractivity contribution in [1.82, 2.24) is 20.5 Å². The van der Waals surface area contributed by atoms with Crippen molar-refractivity contribution in [3.63, 3.8) is 0 Å². The second kappa shape index (κ2) is 9.20. The number of likely N-dealkylation sites (tertiary alicyclic amines) is 1. The number of piperidine rings is 1. The van der Waals surface area contributed by atoms with Crippen LogP contribution >= 0.6 is 0 Å². The van der Waals surface area contributed by atoms with Crippen LogP contribution in [0, 0.1) is 19.8 Å². The standard InChI is InChI=1S/C21H32N4O2/c1-15-12-16(2)19(23-14-15)8-9-22-21(27)24-18-7-6-17(13-18)20(26)25-10-4-3-5-11-25/h12,14,17-18H,3-11,13H2,1-2H3,(H2,22,24,27)/t17-,18+/m1/s1. The van der Waals surface area contributed by atoms with Gasteiger partial charge in [-0.05, 0) is 63.5 Å². The Morgan fingerprint density at radius 1 is 1.19 bits per heavy atom. The normalized spacial score (nSPS) is 22.5. The molecule has 0 aromatic carbocycles. The fourth-order valence-electron chi connectivity index (χ4n) is 4.25. The first-order chi connectivity index (χ1) is 13.0. The monoisotopic (exact) mass is 372 g/mol. The highest BCUT2D eigenvalue weighted by atomic mass is 16.2. The van der Waals surface area contributed by atoms with Gasteiger partial charge in [0.25, 0.3) is 0 Å². The summed E-state index contributed by atoms with van der Waals surface area (Å²) in [5, 5.41) is 5.96. The maximum absolute atomic E-state index is 12.6.